The van der Waals surface area contributed by atoms with Gasteiger partial charge in [-0.3, -0.25) is 14.2 Å². The first kappa shape index (κ1) is 16.4. The SMILES string of the molecule is Cn1cc(/C=C/C(=O)N2CCC(Cn3cc(CN)nn3)CC2)cn1. The fraction of sp³-hybridized carbons (Fsp3) is 0.500. The van der Waals surface area contributed by atoms with Crippen LogP contribution < -0.4 is 5.73 Å². The van der Waals surface area contributed by atoms with Crippen molar-refractivity contribution in [3.05, 3.63) is 35.9 Å². The van der Waals surface area contributed by atoms with E-state index < -0.39 is 0 Å². The molecule has 8 heteroatoms. The lowest BCUT2D eigenvalue weighted by Gasteiger charge is -2.31. The number of hydrogen-bond acceptors (Lipinski definition) is 5. The fourth-order valence-electron chi connectivity index (χ4n) is 2.92. The molecule has 2 aromatic rings. The van der Waals surface area contributed by atoms with Crippen LogP contribution >= 0.6 is 0 Å². The smallest absolute Gasteiger partial charge is 0.246 e. The predicted octanol–water partition coefficient (Wildman–Crippen LogP) is 0.422. The maximum atomic E-state index is 12.3. The zero-order chi connectivity index (χ0) is 16.9. The van der Waals surface area contributed by atoms with E-state index in [-0.39, 0.29) is 5.91 Å². The minimum absolute atomic E-state index is 0.0588. The molecule has 3 rings (SSSR count). The molecule has 1 saturated heterocycles. The van der Waals surface area contributed by atoms with Gasteiger partial charge in [-0.25, -0.2) is 0 Å². The quantitative estimate of drug-likeness (QED) is 0.802. The van der Waals surface area contributed by atoms with Gasteiger partial charge in [0, 0.05) is 57.3 Å². The highest BCUT2D eigenvalue weighted by atomic mass is 16.2. The van der Waals surface area contributed by atoms with Crippen molar-refractivity contribution >= 4 is 12.0 Å². The van der Waals surface area contributed by atoms with Gasteiger partial charge < -0.3 is 10.6 Å². The number of nitrogens with zero attached hydrogens (tertiary/aromatic N) is 6. The summed E-state index contributed by atoms with van der Waals surface area (Å²) in [5.74, 6) is 0.576. The van der Waals surface area contributed by atoms with Gasteiger partial charge >= 0.3 is 0 Å². The first-order chi connectivity index (χ1) is 11.6. The minimum atomic E-state index is 0.0588. The standard InChI is InChI=1S/C16H23N7O/c1-21-10-14(9-18-21)2-3-16(24)22-6-4-13(5-7-22)11-23-12-15(8-17)19-20-23/h2-3,9-10,12-13H,4-8,11,17H2,1H3/b3-2+. The van der Waals surface area contributed by atoms with Crippen molar-refractivity contribution in [2.45, 2.75) is 25.9 Å². The number of hydrogen-bond donors (Lipinski definition) is 1. The molecule has 0 aromatic carbocycles. The van der Waals surface area contributed by atoms with Crippen molar-refractivity contribution in [1.29, 1.82) is 0 Å². The van der Waals surface area contributed by atoms with E-state index in [2.05, 4.69) is 15.4 Å². The largest absolute Gasteiger partial charge is 0.339 e. The molecule has 0 spiro atoms. The van der Waals surface area contributed by atoms with E-state index in [0.717, 1.165) is 43.7 Å². The van der Waals surface area contributed by atoms with E-state index >= 15 is 0 Å². The second-order valence-corrected chi connectivity index (χ2v) is 6.19. The number of rotatable bonds is 5. The number of aryl methyl sites for hydroxylation is 1. The Morgan fingerprint density at radius 1 is 1.38 bits per heavy atom. The van der Waals surface area contributed by atoms with Crippen molar-refractivity contribution in [3.8, 4) is 0 Å². The monoisotopic (exact) mass is 329 g/mol. The van der Waals surface area contributed by atoms with Gasteiger partial charge in [0.25, 0.3) is 0 Å². The number of aromatic nitrogens is 5. The zero-order valence-corrected chi connectivity index (χ0v) is 13.9. The summed E-state index contributed by atoms with van der Waals surface area (Å²) in [7, 11) is 1.86. The first-order valence-electron chi connectivity index (χ1n) is 8.19. The van der Waals surface area contributed by atoms with Crippen LogP contribution in [0, 0.1) is 5.92 Å². The van der Waals surface area contributed by atoms with Crippen LogP contribution in [0.5, 0.6) is 0 Å². The normalized spacial score (nSPS) is 16.2. The van der Waals surface area contributed by atoms with Crippen LogP contribution in [0.25, 0.3) is 6.08 Å². The summed E-state index contributed by atoms with van der Waals surface area (Å²) in [6, 6.07) is 0. The van der Waals surface area contributed by atoms with Crippen LogP contribution in [-0.4, -0.2) is 48.7 Å². The van der Waals surface area contributed by atoms with Crippen LogP contribution in [-0.2, 0) is 24.9 Å². The molecule has 128 valence electrons. The maximum Gasteiger partial charge on any atom is 0.246 e. The summed E-state index contributed by atoms with van der Waals surface area (Å²) in [5, 5.41) is 12.2. The summed E-state index contributed by atoms with van der Waals surface area (Å²) in [4.78, 5) is 14.2. The zero-order valence-electron chi connectivity index (χ0n) is 13.9. The van der Waals surface area contributed by atoms with E-state index in [4.69, 9.17) is 5.73 Å². The summed E-state index contributed by atoms with van der Waals surface area (Å²) in [6.45, 7) is 2.80. The van der Waals surface area contributed by atoms with Crippen molar-refractivity contribution in [3.63, 3.8) is 0 Å². The molecule has 0 atom stereocenters. The number of likely N-dealkylation sites (tertiary alicyclic amines) is 1. The Morgan fingerprint density at radius 2 is 2.17 bits per heavy atom. The Bertz CT molecular complexity index is 710. The average molecular weight is 329 g/mol. The van der Waals surface area contributed by atoms with Gasteiger partial charge in [-0.05, 0) is 24.8 Å². The molecule has 0 saturated carbocycles. The Labute approximate surface area is 140 Å². The molecular weight excluding hydrogens is 306 g/mol. The number of piperidine rings is 1. The third-order valence-corrected chi connectivity index (χ3v) is 4.31. The Balaban J connectivity index is 1.47. The number of amides is 1. The van der Waals surface area contributed by atoms with E-state index in [9.17, 15) is 4.79 Å². The molecule has 1 amide bonds. The van der Waals surface area contributed by atoms with Crippen molar-refractivity contribution in [2.75, 3.05) is 13.1 Å². The van der Waals surface area contributed by atoms with E-state index in [1.54, 1.807) is 17.0 Å². The molecule has 8 nitrogen and oxygen atoms in total. The maximum absolute atomic E-state index is 12.3. The second-order valence-electron chi connectivity index (χ2n) is 6.19. The molecule has 0 aliphatic carbocycles. The molecule has 2 aromatic heterocycles. The molecule has 2 N–H and O–H groups in total. The summed E-state index contributed by atoms with van der Waals surface area (Å²) >= 11 is 0. The number of carbonyl (C=O) groups is 1. The van der Waals surface area contributed by atoms with Gasteiger partial charge in [0.15, 0.2) is 0 Å². The van der Waals surface area contributed by atoms with Gasteiger partial charge in [0.05, 0.1) is 11.9 Å². The number of carbonyl (C=O) groups excluding carboxylic acids is 1. The Morgan fingerprint density at radius 3 is 2.79 bits per heavy atom. The van der Waals surface area contributed by atoms with Gasteiger partial charge in [0.2, 0.25) is 5.91 Å². The van der Waals surface area contributed by atoms with E-state index in [0.29, 0.717) is 12.5 Å². The molecule has 0 unspecified atom stereocenters. The van der Waals surface area contributed by atoms with Crippen LogP contribution in [0.2, 0.25) is 0 Å². The average Bonchev–Trinajstić information content (AvgIpc) is 3.22. The topological polar surface area (TPSA) is 94.9 Å². The van der Waals surface area contributed by atoms with Crippen LogP contribution in [0.4, 0.5) is 0 Å². The lowest BCUT2D eigenvalue weighted by Crippen LogP contribution is -2.38. The molecule has 1 aliphatic rings. The second kappa shape index (κ2) is 7.39. The molecule has 24 heavy (non-hydrogen) atoms. The van der Waals surface area contributed by atoms with E-state index in [1.807, 2.05) is 35.1 Å². The lowest BCUT2D eigenvalue weighted by atomic mass is 9.97. The Kier molecular flexibility index (Phi) is 5.05. The Hall–Kier alpha value is -2.48. The van der Waals surface area contributed by atoms with Gasteiger partial charge in [-0.1, -0.05) is 5.21 Å². The predicted molar refractivity (Wildman–Crippen MR) is 89.5 cm³/mol. The number of nitrogens with two attached hydrogens (primary N) is 1. The highest BCUT2D eigenvalue weighted by Crippen LogP contribution is 2.19. The molecule has 0 bridgehead atoms. The van der Waals surface area contributed by atoms with Crippen LogP contribution in [0.1, 0.15) is 24.1 Å². The molecule has 1 aliphatic heterocycles. The summed E-state index contributed by atoms with van der Waals surface area (Å²) < 4.78 is 3.57. The third kappa shape index (κ3) is 4.08. The highest BCUT2D eigenvalue weighted by molar-refractivity contribution is 5.91. The van der Waals surface area contributed by atoms with Gasteiger partial charge in [-0.15, -0.1) is 5.10 Å². The molecule has 3 heterocycles. The first-order valence-corrected chi connectivity index (χ1v) is 8.19. The minimum Gasteiger partial charge on any atom is -0.339 e. The highest BCUT2D eigenvalue weighted by Gasteiger charge is 2.22. The third-order valence-electron chi connectivity index (χ3n) is 4.31. The van der Waals surface area contributed by atoms with E-state index in [1.165, 1.54) is 0 Å². The summed E-state index contributed by atoms with van der Waals surface area (Å²) in [6.07, 6.45) is 10.9. The summed E-state index contributed by atoms with van der Waals surface area (Å²) in [5.41, 5.74) is 7.29. The van der Waals surface area contributed by atoms with Crippen molar-refractivity contribution < 1.29 is 4.79 Å². The van der Waals surface area contributed by atoms with Crippen molar-refractivity contribution in [1.82, 2.24) is 29.7 Å². The molecular formula is C16H23N7O. The molecule has 0 radical (unpaired) electrons. The van der Waals surface area contributed by atoms with Gasteiger partial charge in [-0.2, -0.15) is 5.10 Å². The van der Waals surface area contributed by atoms with Gasteiger partial charge in [0.1, 0.15) is 0 Å². The van der Waals surface area contributed by atoms with Crippen LogP contribution in [0.3, 0.4) is 0 Å². The lowest BCUT2D eigenvalue weighted by molar-refractivity contribution is -0.127. The van der Waals surface area contributed by atoms with Crippen LogP contribution in [0.15, 0.2) is 24.7 Å². The van der Waals surface area contributed by atoms with Crippen molar-refractivity contribution in [2.24, 2.45) is 18.7 Å². The molecule has 1 fully saturated rings. The fourth-order valence-corrected chi connectivity index (χ4v) is 2.92.